The zero-order valence-corrected chi connectivity index (χ0v) is 19.0. The molecule has 7 heteroatoms. The Morgan fingerprint density at radius 2 is 1.82 bits per heavy atom. The summed E-state index contributed by atoms with van der Waals surface area (Å²) in [5.41, 5.74) is 1.35. The average molecular weight is 450 g/mol. The minimum atomic E-state index is -0.465. The molecule has 3 aromatic rings. The molecule has 1 aromatic heterocycles. The van der Waals surface area contributed by atoms with E-state index in [1.807, 2.05) is 12.1 Å². The van der Waals surface area contributed by atoms with E-state index >= 15 is 0 Å². The molecule has 0 bridgehead atoms. The van der Waals surface area contributed by atoms with E-state index in [9.17, 15) is 14.0 Å². The molecule has 2 aromatic carbocycles. The molecule has 0 spiro atoms. The molecule has 1 aliphatic heterocycles. The van der Waals surface area contributed by atoms with Crippen LogP contribution in [0, 0.1) is 18.7 Å². The molecule has 0 N–H and O–H groups in total. The van der Waals surface area contributed by atoms with Crippen LogP contribution in [-0.4, -0.2) is 40.8 Å². The Morgan fingerprint density at radius 1 is 1.12 bits per heavy atom. The third kappa shape index (κ3) is 5.13. The minimum Gasteiger partial charge on any atom is -0.497 e. The molecule has 0 aliphatic carbocycles. The zero-order valence-electron chi connectivity index (χ0n) is 19.0. The van der Waals surface area contributed by atoms with E-state index in [0.717, 1.165) is 31.4 Å². The second-order valence-electron chi connectivity index (χ2n) is 8.48. The fraction of sp³-hybridized carbons (Fsp3) is 0.346. The van der Waals surface area contributed by atoms with Gasteiger partial charge >= 0.3 is 0 Å². The van der Waals surface area contributed by atoms with Gasteiger partial charge in [0, 0.05) is 24.8 Å². The Kier molecular flexibility index (Phi) is 6.87. The lowest BCUT2D eigenvalue weighted by Crippen LogP contribution is -2.41. The van der Waals surface area contributed by atoms with Crippen LogP contribution in [0.3, 0.4) is 0 Å². The van der Waals surface area contributed by atoms with E-state index in [1.165, 1.54) is 22.4 Å². The second kappa shape index (κ2) is 9.98. The van der Waals surface area contributed by atoms with Crippen molar-refractivity contribution in [1.82, 2.24) is 14.7 Å². The SMILES string of the molecule is COc1ccc(CCC2CCN(C(=O)c3nn(-c4ccccc4F)c(C)cc3=O)CC2)cc1. The predicted octanol–water partition coefficient (Wildman–Crippen LogP) is 4.17. The lowest BCUT2D eigenvalue weighted by molar-refractivity contribution is 0.0677. The number of aromatic nitrogens is 2. The third-order valence-corrected chi connectivity index (χ3v) is 6.29. The van der Waals surface area contributed by atoms with Gasteiger partial charge in [-0.1, -0.05) is 24.3 Å². The summed E-state index contributed by atoms with van der Waals surface area (Å²) in [5.74, 6) is 0.521. The maximum Gasteiger partial charge on any atom is 0.278 e. The smallest absolute Gasteiger partial charge is 0.278 e. The Hall–Kier alpha value is -3.48. The molecule has 0 radical (unpaired) electrons. The number of nitrogens with zero attached hydrogens (tertiary/aromatic N) is 3. The summed E-state index contributed by atoms with van der Waals surface area (Å²) in [5, 5.41) is 4.25. The molecule has 33 heavy (non-hydrogen) atoms. The first kappa shape index (κ1) is 22.7. The van der Waals surface area contributed by atoms with Crippen molar-refractivity contribution in [2.24, 2.45) is 5.92 Å². The van der Waals surface area contributed by atoms with Gasteiger partial charge in [0.25, 0.3) is 5.91 Å². The van der Waals surface area contributed by atoms with Crippen LogP contribution in [0.15, 0.2) is 59.4 Å². The molecule has 1 fully saturated rings. The van der Waals surface area contributed by atoms with Gasteiger partial charge in [-0.2, -0.15) is 5.10 Å². The van der Waals surface area contributed by atoms with Crippen LogP contribution >= 0.6 is 0 Å². The van der Waals surface area contributed by atoms with Crippen LogP contribution in [0.4, 0.5) is 4.39 Å². The molecule has 4 rings (SSSR count). The van der Waals surface area contributed by atoms with Crippen LogP contribution < -0.4 is 10.2 Å². The lowest BCUT2D eigenvalue weighted by Gasteiger charge is -2.31. The van der Waals surface area contributed by atoms with Gasteiger partial charge in [-0.3, -0.25) is 9.59 Å². The molecule has 6 nitrogen and oxygen atoms in total. The Bertz CT molecular complexity index is 1180. The van der Waals surface area contributed by atoms with Crippen molar-refractivity contribution in [2.45, 2.75) is 32.6 Å². The van der Waals surface area contributed by atoms with E-state index in [2.05, 4.69) is 17.2 Å². The van der Waals surface area contributed by atoms with E-state index < -0.39 is 17.2 Å². The largest absolute Gasteiger partial charge is 0.497 e. The highest BCUT2D eigenvalue weighted by Gasteiger charge is 2.27. The molecule has 0 atom stereocenters. The van der Waals surface area contributed by atoms with Crippen molar-refractivity contribution in [3.8, 4) is 11.4 Å². The number of para-hydroxylation sites is 1. The summed E-state index contributed by atoms with van der Waals surface area (Å²) in [4.78, 5) is 27.3. The number of likely N-dealkylation sites (tertiary alicyclic amines) is 1. The number of methoxy groups -OCH3 is 1. The number of halogens is 1. The summed E-state index contributed by atoms with van der Waals surface area (Å²) in [7, 11) is 1.66. The number of amides is 1. The van der Waals surface area contributed by atoms with Crippen molar-refractivity contribution in [1.29, 1.82) is 0 Å². The van der Waals surface area contributed by atoms with Crippen molar-refractivity contribution in [2.75, 3.05) is 20.2 Å². The number of piperidine rings is 1. The fourth-order valence-electron chi connectivity index (χ4n) is 4.30. The number of rotatable bonds is 6. The van der Waals surface area contributed by atoms with E-state index in [0.29, 0.717) is 24.7 Å². The van der Waals surface area contributed by atoms with Crippen molar-refractivity contribution in [3.63, 3.8) is 0 Å². The molecule has 1 aliphatic rings. The fourth-order valence-corrected chi connectivity index (χ4v) is 4.30. The van der Waals surface area contributed by atoms with Gasteiger partial charge in [-0.15, -0.1) is 0 Å². The highest BCUT2D eigenvalue weighted by Crippen LogP contribution is 2.24. The maximum atomic E-state index is 14.3. The normalized spacial score (nSPS) is 14.3. The standard InChI is InChI=1S/C26H28FN3O3/c1-18-17-24(31)25(28-30(18)23-6-4-3-5-22(23)27)26(32)29-15-13-20(14-16-29)8-7-19-9-11-21(33-2)12-10-19/h3-6,9-12,17,20H,7-8,13-16H2,1-2H3. The van der Waals surface area contributed by atoms with Crippen molar-refractivity contribution in [3.05, 3.63) is 87.6 Å². The summed E-state index contributed by atoms with van der Waals surface area (Å²) in [6.45, 7) is 2.84. The van der Waals surface area contributed by atoms with Crippen molar-refractivity contribution >= 4 is 5.91 Å². The number of carbonyl (C=O) groups excluding carboxylic acids is 1. The molecule has 0 unspecified atom stereocenters. The van der Waals surface area contributed by atoms with Crippen LogP contribution in [0.1, 0.15) is 41.0 Å². The maximum absolute atomic E-state index is 14.3. The Morgan fingerprint density at radius 3 is 2.48 bits per heavy atom. The number of aryl methyl sites for hydroxylation is 2. The van der Waals surface area contributed by atoms with Gasteiger partial charge in [0.15, 0.2) is 5.69 Å². The zero-order chi connectivity index (χ0) is 23.4. The van der Waals surface area contributed by atoms with Gasteiger partial charge in [0.2, 0.25) is 5.43 Å². The topological polar surface area (TPSA) is 64.4 Å². The van der Waals surface area contributed by atoms with Gasteiger partial charge in [-0.25, -0.2) is 9.07 Å². The van der Waals surface area contributed by atoms with Crippen molar-refractivity contribution < 1.29 is 13.9 Å². The molecule has 2 heterocycles. The molecular weight excluding hydrogens is 421 g/mol. The van der Waals surface area contributed by atoms with Crippen LogP contribution in [0.5, 0.6) is 5.75 Å². The van der Waals surface area contributed by atoms with Gasteiger partial charge in [-0.05, 0) is 68.4 Å². The summed E-state index contributed by atoms with van der Waals surface area (Å²) in [6.07, 6.45) is 3.80. The van der Waals surface area contributed by atoms with Crippen LogP contribution in [-0.2, 0) is 6.42 Å². The first-order valence-electron chi connectivity index (χ1n) is 11.2. The highest BCUT2D eigenvalue weighted by molar-refractivity contribution is 5.92. The van der Waals surface area contributed by atoms with E-state index in [-0.39, 0.29) is 11.4 Å². The van der Waals surface area contributed by atoms with Crippen LogP contribution in [0.25, 0.3) is 5.69 Å². The van der Waals surface area contributed by atoms with E-state index in [1.54, 1.807) is 37.1 Å². The quantitative estimate of drug-likeness (QED) is 0.567. The first-order chi connectivity index (χ1) is 16.0. The Labute approximate surface area is 192 Å². The summed E-state index contributed by atoms with van der Waals surface area (Å²) >= 11 is 0. The number of carbonyl (C=O) groups is 1. The summed E-state index contributed by atoms with van der Waals surface area (Å²) in [6, 6.07) is 15.6. The number of hydrogen-bond acceptors (Lipinski definition) is 4. The van der Waals surface area contributed by atoms with Gasteiger partial charge < -0.3 is 9.64 Å². The molecule has 1 amide bonds. The monoisotopic (exact) mass is 449 g/mol. The predicted molar refractivity (Wildman–Crippen MR) is 124 cm³/mol. The number of ether oxygens (including phenoxy) is 1. The molecule has 0 saturated carbocycles. The van der Waals surface area contributed by atoms with Gasteiger partial charge in [0.1, 0.15) is 17.3 Å². The summed E-state index contributed by atoms with van der Waals surface area (Å²) < 4.78 is 20.8. The first-order valence-corrected chi connectivity index (χ1v) is 11.2. The number of hydrogen-bond donors (Lipinski definition) is 0. The van der Waals surface area contributed by atoms with Gasteiger partial charge in [0.05, 0.1) is 7.11 Å². The molecule has 172 valence electrons. The second-order valence-corrected chi connectivity index (χ2v) is 8.48. The van der Waals surface area contributed by atoms with E-state index in [4.69, 9.17) is 4.74 Å². The Balaban J connectivity index is 1.40. The average Bonchev–Trinajstić information content (AvgIpc) is 2.84. The number of benzene rings is 2. The lowest BCUT2D eigenvalue weighted by atomic mass is 9.90. The van der Waals surface area contributed by atoms with Crippen LogP contribution in [0.2, 0.25) is 0 Å². The highest BCUT2D eigenvalue weighted by atomic mass is 19.1. The minimum absolute atomic E-state index is 0.166. The third-order valence-electron chi connectivity index (χ3n) is 6.29. The molecule has 1 saturated heterocycles. The molecular formula is C26H28FN3O3.